The summed E-state index contributed by atoms with van der Waals surface area (Å²) in [5.74, 6) is 1.30. The van der Waals surface area contributed by atoms with Gasteiger partial charge in [0.05, 0.1) is 12.7 Å². The zero-order valence-corrected chi connectivity index (χ0v) is 9.32. The number of nitrogens with one attached hydrogen (secondary N) is 1. The van der Waals surface area contributed by atoms with Gasteiger partial charge in [0, 0.05) is 0 Å². The molecule has 1 N–H and O–H groups in total. The number of alkyl halides is 3. The van der Waals surface area contributed by atoms with Crippen molar-refractivity contribution in [3.8, 4) is 0 Å². The van der Waals surface area contributed by atoms with E-state index in [1.54, 1.807) is 13.1 Å². The van der Waals surface area contributed by atoms with E-state index in [4.69, 9.17) is 4.42 Å². The summed E-state index contributed by atoms with van der Waals surface area (Å²) in [5.41, 5.74) is -1.03. The molecule has 0 aliphatic heterocycles. The van der Waals surface area contributed by atoms with Gasteiger partial charge >= 0.3 is 6.18 Å². The van der Waals surface area contributed by atoms with Crippen LogP contribution in [0.25, 0.3) is 0 Å². The number of halogens is 3. The Balaban J connectivity index is 1.98. The molecule has 0 atom stereocenters. The molecule has 0 amide bonds. The third-order valence-corrected chi connectivity index (χ3v) is 2.04. The predicted octanol–water partition coefficient (Wildman–Crippen LogP) is 2.40. The molecule has 2 aromatic heterocycles. The highest BCUT2D eigenvalue weighted by Gasteiger charge is 2.32. The number of hydrogen-bond donors (Lipinski definition) is 1. The van der Waals surface area contributed by atoms with Crippen molar-refractivity contribution in [2.75, 3.05) is 5.32 Å². The maximum absolute atomic E-state index is 12.2. The molecular weight excluding hydrogens is 249 g/mol. The van der Waals surface area contributed by atoms with Crippen LogP contribution < -0.4 is 5.32 Å². The monoisotopic (exact) mass is 258 g/mol. The van der Waals surface area contributed by atoms with E-state index in [0.29, 0.717) is 11.7 Å². The van der Waals surface area contributed by atoms with Gasteiger partial charge in [-0.25, -0.2) is 4.98 Å². The second kappa shape index (κ2) is 4.63. The highest BCUT2D eigenvalue weighted by molar-refractivity contribution is 5.33. The summed E-state index contributed by atoms with van der Waals surface area (Å²) in [4.78, 5) is 3.93. The van der Waals surface area contributed by atoms with Gasteiger partial charge in [-0.05, 0) is 19.1 Å². The van der Waals surface area contributed by atoms with Crippen LogP contribution >= 0.6 is 0 Å². The van der Waals surface area contributed by atoms with Crippen LogP contribution in [0.4, 0.5) is 19.0 Å². The van der Waals surface area contributed by atoms with Crippen LogP contribution in [0.3, 0.4) is 0 Å². The molecule has 0 fully saturated rings. The van der Waals surface area contributed by atoms with Gasteiger partial charge < -0.3 is 9.73 Å². The van der Waals surface area contributed by atoms with E-state index in [1.165, 1.54) is 6.07 Å². The minimum absolute atomic E-state index is 0.221. The van der Waals surface area contributed by atoms with Crippen molar-refractivity contribution in [3.05, 3.63) is 35.7 Å². The van der Waals surface area contributed by atoms with Crippen molar-refractivity contribution < 1.29 is 17.6 Å². The summed E-state index contributed by atoms with van der Waals surface area (Å²) in [6.45, 7) is 1.97. The number of rotatable bonds is 3. The smallest absolute Gasteiger partial charge is 0.435 e. The highest BCUT2D eigenvalue weighted by atomic mass is 19.4. The van der Waals surface area contributed by atoms with Crippen LogP contribution in [0.5, 0.6) is 0 Å². The van der Waals surface area contributed by atoms with Crippen molar-refractivity contribution >= 4 is 5.82 Å². The molecule has 0 radical (unpaired) electrons. The van der Waals surface area contributed by atoms with E-state index in [1.807, 2.05) is 0 Å². The van der Waals surface area contributed by atoms with Crippen molar-refractivity contribution in [1.82, 2.24) is 15.2 Å². The first-order valence-electron chi connectivity index (χ1n) is 5.01. The normalized spacial score (nSPS) is 11.6. The van der Waals surface area contributed by atoms with E-state index in [0.717, 1.165) is 6.07 Å². The Morgan fingerprint density at radius 3 is 2.56 bits per heavy atom. The molecule has 18 heavy (non-hydrogen) atoms. The van der Waals surface area contributed by atoms with Crippen molar-refractivity contribution in [1.29, 1.82) is 0 Å². The lowest BCUT2D eigenvalue weighted by atomic mass is 10.4. The third kappa shape index (κ3) is 2.96. The fourth-order valence-corrected chi connectivity index (χ4v) is 1.23. The Labute approximate surface area is 100 Å². The van der Waals surface area contributed by atoms with E-state index >= 15 is 0 Å². The quantitative estimate of drug-likeness (QED) is 0.915. The standard InChI is InChI=1S/C10H9F3N4O/c1-6-4-15-9(18-6)5-14-8-3-2-7(16-17-8)10(11,12)13/h2-4H,5H2,1H3,(H,14,17). The van der Waals surface area contributed by atoms with Gasteiger partial charge in [-0.3, -0.25) is 0 Å². The largest absolute Gasteiger partial charge is 0.444 e. The second-order valence-electron chi connectivity index (χ2n) is 3.52. The number of aromatic nitrogens is 3. The van der Waals surface area contributed by atoms with Crippen molar-refractivity contribution in [2.45, 2.75) is 19.6 Å². The van der Waals surface area contributed by atoms with Gasteiger partial charge in [0.25, 0.3) is 0 Å². The zero-order chi connectivity index (χ0) is 13.2. The van der Waals surface area contributed by atoms with Crippen LogP contribution in [-0.4, -0.2) is 15.2 Å². The lowest BCUT2D eigenvalue weighted by molar-refractivity contribution is -0.141. The topological polar surface area (TPSA) is 63.8 Å². The van der Waals surface area contributed by atoms with Gasteiger partial charge in [-0.2, -0.15) is 13.2 Å². The summed E-state index contributed by atoms with van der Waals surface area (Å²) >= 11 is 0. The SMILES string of the molecule is Cc1cnc(CNc2ccc(C(F)(F)F)nn2)o1. The van der Waals surface area contributed by atoms with Gasteiger partial charge in [-0.15, -0.1) is 10.2 Å². The van der Waals surface area contributed by atoms with Crippen molar-refractivity contribution in [2.24, 2.45) is 0 Å². The molecule has 0 saturated carbocycles. The fraction of sp³-hybridized carbons (Fsp3) is 0.300. The lowest BCUT2D eigenvalue weighted by Crippen LogP contribution is -2.10. The Kier molecular flexibility index (Phi) is 3.17. The lowest BCUT2D eigenvalue weighted by Gasteiger charge is -2.05. The number of nitrogens with zero attached hydrogens (tertiary/aromatic N) is 3. The number of anilines is 1. The molecule has 0 spiro atoms. The molecule has 5 nitrogen and oxygen atoms in total. The first-order valence-corrected chi connectivity index (χ1v) is 5.01. The molecular formula is C10H9F3N4O. The van der Waals surface area contributed by atoms with E-state index in [9.17, 15) is 13.2 Å². The molecule has 96 valence electrons. The van der Waals surface area contributed by atoms with Crippen LogP contribution in [0.15, 0.2) is 22.7 Å². The Hall–Kier alpha value is -2.12. The van der Waals surface area contributed by atoms with Crippen molar-refractivity contribution in [3.63, 3.8) is 0 Å². The summed E-state index contributed by atoms with van der Waals surface area (Å²) in [6, 6.07) is 2.06. The minimum atomic E-state index is -4.48. The molecule has 0 aromatic carbocycles. The Morgan fingerprint density at radius 2 is 2.06 bits per heavy atom. The second-order valence-corrected chi connectivity index (χ2v) is 3.52. The molecule has 2 aromatic rings. The molecule has 2 rings (SSSR count). The first kappa shape index (κ1) is 12.3. The predicted molar refractivity (Wildman–Crippen MR) is 55.6 cm³/mol. The summed E-state index contributed by atoms with van der Waals surface area (Å²) in [6.07, 6.45) is -2.93. The van der Waals surface area contributed by atoms with Crippen LogP contribution in [0.1, 0.15) is 17.3 Å². The minimum Gasteiger partial charge on any atom is -0.444 e. The van der Waals surface area contributed by atoms with E-state index in [-0.39, 0.29) is 12.4 Å². The number of oxazole rings is 1. The molecule has 8 heteroatoms. The number of hydrogen-bond acceptors (Lipinski definition) is 5. The first-order chi connectivity index (χ1) is 8.45. The number of aryl methyl sites for hydroxylation is 1. The molecule has 0 unspecified atom stereocenters. The Bertz CT molecular complexity index is 521. The van der Waals surface area contributed by atoms with Gasteiger partial charge in [0.15, 0.2) is 5.69 Å². The zero-order valence-electron chi connectivity index (χ0n) is 9.32. The van der Waals surface area contributed by atoms with Gasteiger partial charge in [0.1, 0.15) is 11.6 Å². The summed E-state index contributed by atoms with van der Waals surface area (Å²) in [5, 5.41) is 9.25. The van der Waals surface area contributed by atoms with E-state index < -0.39 is 11.9 Å². The fourth-order valence-electron chi connectivity index (χ4n) is 1.23. The molecule has 0 aliphatic carbocycles. The average Bonchev–Trinajstić information content (AvgIpc) is 2.72. The molecule has 0 saturated heterocycles. The summed E-state index contributed by atoms with van der Waals surface area (Å²) in [7, 11) is 0. The third-order valence-electron chi connectivity index (χ3n) is 2.04. The van der Waals surface area contributed by atoms with Gasteiger partial charge in [0.2, 0.25) is 5.89 Å². The summed E-state index contributed by atoms with van der Waals surface area (Å²) < 4.78 is 41.9. The molecule has 0 aliphatic rings. The average molecular weight is 258 g/mol. The molecule has 0 bridgehead atoms. The highest BCUT2D eigenvalue weighted by Crippen LogP contribution is 2.27. The van der Waals surface area contributed by atoms with E-state index in [2.05, 4.69) is 20.5 Å². The van der Waals surface area contributed by atoms with Crippen LogP contribution in [0, 0.1) is 6.92 Å². The van der Waals surface area contributed by atoms with Crippen LogP contribution in [0.2, 0.25) is 0 Å². The Morgan fingerprint density at radius 1 is 1.28 bits per heavy atom. The maximum Gasteiger partial charge on any atom is 0.435 e. The maximum atomic E-state index is 12.2. The van der Waals surface area contributed by atoms with Crippen LogP contribution in [-0.2, 0) is 12.7 Å². The van der Waals surface area contributed by atoms with Gasteiger partial charge in [-0.1, -0.05) is 0 Å². The molecule has 2 heterocycles.